The zero-order valence-electron chi connectivity index (χ0n) is 27.6. The average molecular weight is 654 g/mol. The third-order valence-electron chi connectivity index (χ3n) is 9.79. The smallest absolute Gasteiger partial charge is 0.227 e. The first kappa shape index (κ1) is 29.0. The minimum atomic E-state index is 0.599. The molecule has 2 aromatic heterocycles. The molecule has 10 rings (SSSR count). The lowest BCUT2D eigenvalue weighted by atomic mass is 10.0. The van der Waals surface area contributed by atoms with Gasteiger partial charge >= 0.3 is 0 Å². The van der Waals surface area contributed by atoms with Crippen LogP contribution in [-0.2, 0) is 0 Å². The highest BCUT2D eigenvalue weighted by atomic mass is 16.3. The van der Waals surface area contributed by atoms with Gasteiger partial charge in [0.05, 0.1) is 22.4 Å². The number of benzene rings is 8. The SMILES string of the molecule is c1ccc(-c2ccc(N(c3cc4ccccc4c4nc(-c5ccccc5)oc34)c3cccc4c3c3ccccc3n4-c3ccccc3)cc2)cc1. The lowest BCUT2D eigenvalue weighted by molar-refractivity contribution is 0.620. The molecule has 0 amide bonds. The van der Waals surface area contributed by atoms with Crippen molar-refractivity contribution in [3.05, 3.63) is 188 Å². The first-order chi connectivity index (χ1) is 25.3. The highest BCUT2D eigenvalue weighted by Crippen LogP contribution is 2.47. The van der Waals surface area contributed by atoms with Crippen molar-refractivity contribution in [3.63, 3.8) is 0 Å². The molecule has 0 aliphatic carbocycles. The molecule has 10 aromatic rings. The number of oxazole rings is 1. The van der Waals surface area contributed by atoms with Crippen molar-refractivity contribution >= 4 is 60.7 Å². The van der Waals surface area contributed by atoms with Gasteiger partial charge in [-0.1, -0.05) is 127 Å². The fourth-order valence-electron chi connectivity index (χ4n) is 7.48. The number of nitrogens with zero attached hydrogens (tertiary/aromatic N) is 3. The van der Waals surface area contributed by atoms with Crippen LogP contribution in [0.2, 0.25) is 0 Å². The summed E-state index contributed by atoms with van der Waals surface area (Å²) in [7, 11) is 0. The van der Waals surface area contributed by atoms with Gasteiger partial charge in [0.15, 0.2) is 5.58 Å². The molecular weight excluding hydrogens is 623 g/mol. The summed E-state index contributed by atoms with van der Waals surface area (Å²) in [5.41, 5.74) is 11.3. The molecule has 0 aliphatic rings. The Morgan fingerprint density at radius 2 is 1.08 bits per heavy atom. The lowest BCUT2D eigenvalue weighted by Crippen LogP contribution is -2.11. The van der Waals surface area contributed by atoms with E-state index in [1.807, 2.05) is 30.3 Å². The average Bonchev–Trinajstić information content (AvgIpc) is 3.81. The van der Waals surface area contributed by atoms with Gasteiger partial charge in [-0.05, 0) is 77.2 Å². The van der Waals surface area contributed by atoms with E-state index < -0.39 is 0 Å². The Morgan fingerprint density at radius 3 is 1.84 bits per heavy atom. The van der Waals surface area contributed by atoms with Gasteiger partial charge in [-0.25, -0.2) is 4.98 Å². The Balaban J connectivity index is 1.30. The van der Waals surface area contributed by atoms with Gasteiger partial charge in [-0.15, -0.1) is 0 Å². The second kappa shape index (κ2) is 11.9. The van der Waals surface area contributed by atoms with Gasteiger partial charge < -0.3 is 13.9 Å². The minimum Gasteiger partial charge on any atom is -0.434 e. The van der Waals surface area contributed by atoms with Crippen LogP contribution in [-0.4, -0.2) is 9.55 Å². The molecule has 0 atom stereocenters. The van der Waals surface area contributed by atoms with Crippen LogP contribution < -0.4 is 4.90 Å². The summed E-state index contributed by atoms with van der Waals surface area (Å²) in [5, 5.41) is 4.49. The second-order valence-electron chi connectivity index (χ2n) is 12.8. The van der Waals surface area contributed by atoms with E-state index in [-0.39, 0.29) is 0 Å². The third-order valence-corrected chi connectivity index (χ3v) is 9.79. The van der Waals surface area contributed by atoms with Gasteiger partial charge in [-0.3, -0.25) is 0 Å². The van der Waals surface area contributed by atoms with E-state index in [0.717, 1.165) is 72.2 Å². The van der Waals surface area contributed by atoms with E-state index >= 15 is 0 Å². The van der Waals surface area contributed by atoms with E-state index in [0.29, 0.717) is 5.89 Å². The van der Waals surface area contributed by atoms with Crippen LogP contribution in [0, 0.1) is 0 Å². The Bertz CT molecular complexity index is 2840. The van der Waals surface area contributed by atoms with Gasteiger partial charge in [-0.2, -0.15) is 0 Å². The summed E-state index contributed by atoms with van der Waals surface area (Å²) >= 11 is 0. The lowest BCUT2D eigenvalue weighted by Gasteiger charge is -2.27. The maximum absolute atomic E-state index is 6.83. The van der Waals surface area contributed by atoms with Crippen molar-refractivity contribution < 1.29 is 4.42 Å². The number of rotatable bonds is 6. The number of aromatic nitrogens is 2. The number of hydrogen-bond acceptors (Lipinski definition) is 3. The summed E-state index contributed by atoms with van der Waals surface area (Å²) in [5.74, 6) is 0.599. The van der Waals surface area contributed by atoms with Crippen molar-refractivity contribution in [1.82, 2.24) is 9.55 Å². The first-order valence-corrected chi connectivity index (χ1v) is 17.2. The van der Waals surface area contributed by atoms with Crippen molar-refractivity contribution in [2.45, 2.75) is 0 Å². The quantitative estimate of drug-likeness (QED) is 0.179. The normalized spacial score (nSPS) is 11.5. The summed E-state index contributed by atoms with van der Waals surface area (Å²) in [4.78, 5) is 7.51. The molecule has 51 heavy (non-hydrogen) atoms. The van der Waals surface area contributed by atoms with Crippen molar-refractivity contribution in [3.8, 4) is 28.3 Å². The Hall–Kier alpha value is -6.91. The molecule has 8 aromatic carbocycles. The molecule has 2 heterocycles. The fourth-order valence-corrected chi connectivity index (χ4v) is 7.48. The maximum Gasteiger partial charge on any atom is 0.227 e. The molecule has 0 aliphatic heterocycles. The van der Waals surface area contributed by atoms with Crippen molar-refractivity contribution in [2.75, 3.05) is 4.90 Å². The molecule has 0 saturated heterocycles. The largest absolute Gasteiger partial charge is 0.434 e. The van der Waals surface area contributed by atoms with Crippen molar-refractivity contribution in [2.24, 2.45) is 0 Å². The Morgan fingerprint density at radius 1 is 0.471 bits per heavy atom. The standard InChI is InChI=1S/C47H31N3O/c1-4-15-32(16-5-1)33-27-29-37(30-28-33)50(42-26-14-25-41-44(42)39-23-12-13-24-40(39)49(41)36-20-8-3-9-21-36)43-31-35-19-10-11-22-38(35)45-46(43)51-47(48-45)34-17-6-2-7-18-34/h1-31H. The predicted octanol–water partition coefficient (Wildman–Crippen LogP) is 12.9. The summed E-state index contributed by atoms with van der Waals surface area (Å²) < 4.78 is 9.19. The molecule has 0 radical (unpaired) electrons. The molecule has 0 fully saturated rings. The van der Waals surface area contributed by atoms with Gasteiger partial charge in [0.1, 0.15) is 5.52 Å². The molecule has 0 N–H and O–H groups in total. The highest BCUT2D eigenvalue weighted by Gasteiger charge is 2.25. The minimum absolute atomic E-state index is 0.599. The monoisotopic (exact) mass is 653 g/mol. The molecule has 0 unspecified atom stereocenters. The zero-order valence-corrected chi connectivity index (χ0v) is 27.6. The van der Waals surface area contributed by atoms with Crippen LogP contribution in [0.15, 0.2) is 192 Å². The summed E-state index contributed by atoms with van der Waals surface area (Å²) in [6, 6.07) is 66.1. The summed E-state index contributed by atoms with van der Waals surface area (Å²) in [6.45, 7) is 0. The zero-order chi connectivity index (χ0) is 33.7. The van der Waals surface area contributed by atoms with E-state index in [1.165, 1.54) is 10.9 Å². The van der Waals surface area contributed by atoms with Crippen LogP contribution in [0.1, 0.15) is 0 Å². The molecular formula is C47H31N3O. The van der Waals surface area contributed by atoms with E-state index in [2.05, 4.69) is 167 Å². The van der Waals surface area contributed by atoms with Gasteiger partial charge in [0.25, 0.3) is 0 Å². The molecule has 240 valence electrons. The van der Waals surface area contributed by atoms with E-state index in [1.54, 1.807) is 0 Å². The van der Waals surface area contributed by atoms with Crippen LogP contribution in [0.4, 0.5) is 17.1 Å². The second-order valence-corrected chi connectivity index (χ2v) is 12.8. The van der Waals surface area contributed by atoms with Crippen LogP contribution in [0.25, 0.3) is 71.9 Å². The highest BCUT2D eigenvalue weighted by molar-refractivity contribution is 6.18. The Labute approximate surface area is 295 Å². The number of para-hydroxylation sites is 2. The Kier molecular flexibility index (Phi) is 6.78. The van der Waals surface area contributed by atoms with Crippen LogP contribution in [0.5, 0.6) is 0 Å². The van der Waals surface area contributed by atoms with E-state index in [4.69, 9.17) is 9.40 Å². The van der Waals surface area contributed by atoms with Gasteiger partial charge in [0.2, 0.25) is 5.89 Å². The molecule has 0 bridgehead atoms. The number of anilines is 3. The topological polar surface area (TPSA) is 34.2 Å². The molecule has 0 saturated carbocycles. The predicted molar refractivity (Wildman–Crippen MR) is 211 cm³/mol. The van der Waals surface area contributed by atoms with Gasteiger partial charge in [0, 0.05) is 33.1 Å². The van der Waals surface area contributed by atoms with Crippen molar-refractivity contribution in [1.29, 1.82) is 0 Å². The number of hydrogen-bond donors (Lipinski definition) is 0. The fraction of sp³-hybridized carbons (Fsp3) is 0. The molecule has 0 spiro atoms. The third kappa shape index (κ3) is 4.80. The van der Waals surface area contributed by atoms with E-state index in [9.17, 15) is 0 Å². The molecule has 4 nitrogen and oxygen atoms in total. The van der Waals surface area contributed by atoms with Crippen LogP contribution in [0.3, 0.4) is 0 Å². The first-order valence-electron chi connectivity index (χ1n) is 17.2. The maximum atomic E-state index is 6.83. The van der Waals surface area contributed by atoms with Crippen LogP contribution >= 0.6 is 0 Å². The molecule has 4 heteroatoms. The summed E-state index contributed by atoms with van der Waals surface area (Å²) in [6.07, 6.45) is 0. The number of fused-ring (bicyclic) bond motifs is 6.